The number of anilines is 1. The van der Waals surface area contributed by atoms with Gasteiger partial charge in [0.1, 0.15) is 11.5 Å². The highest BCUT2D eigenvalue weighted by Crippen LogP contribution is 2.53. The SMILES string of the molecule is CNC(=O)c1ccc(N2CCC(N3CC4(c5nn6ccc(F)c6c(=O)[nH]5)CC3C4)CC2)cn1. The molecule has 9 nitrogen and oxygen atoms in total. The zero-order valence-corrected chi connectivity index (χ0v) is 18.4. The Labute approximate surface area is 189 Å². The number of halogens is 1. The smallest absolute Gasteiger partial charge is 0.278 e. The maximum Gasteiger partial charge on any atom is 0.278 e. The van der Waals surface area contributed by atoms with E-state index in [1.165, 1.54) is 16.8 Å². The molecule has 0 radical (unpaired) electrons. The van der Waals surface area contributed by atoms with E-state index in [0.29, 0.717) is 23.6 Å². The number of fused-ring (bicyclic) bond motifs is 2. The third kappa shape index (κ3) is 3.15. The first-order chi connectivity index (χ1) is 16.0. The Hall–Kier alpha value is -3.27. The second-order valence-electron chi connectivity index (χ2n) is 9.47. The van der Waals surface area contributed by atoms with E-state index < -0.39 is 11.4 Å². The normalized spacial score (nSPS) is 25.4. The molecule has 3 saturated heterocycles. The van der Waals surface area contributed by atoms with Gasteiger partial charge in [-0.1, -0.05) is 0 Å². The summed E-state index contributed by atoms with van der Waals surface area (Å²) in [7, 11) is 1.60. The minimum absolute atomic E-state index is 0.0221. The number of hydrogen-bond acceptors (Lipinski definition) is 6. The van der Waals surface area contributed by atoms with E-state index in [9.17, 15) is 14.0 Å². The van der Waals surface area contributed by atoms with E-state index in [1.807, 2.05) is 6.07 Å². The molecule has 3 aromatic heterocycles. The van der Waals surface area contributed by atoms with Crippen LogP contribution in [-0.2, 0) is 5.41 Å². The van der Waals surface area contributed by atoms with Crippen molar-refractivity contribution in [3.63, 3.8) is 0 Å². The van der Waals surface area contributed by atoms with E-state index >= 15 is 0 Å². The molecule has 0 spiro atoms. The van der Waals surface area contributed by atoms with Crippen LogP contribution in [0.15, 0.2) is 35.4 Å². The summed E-state index contributed by atoms with van der Waals surface area (Å²) in [6.45, 7) is 2.75. The van der Waals surface area contributed by atoms with Gasteiger partial charge in [-0.2, -0.15) is 5.10 Å². The van der Waals surface area contributed by atoms with Crippen molar-refractivity contribution in [1.29, 1.82) is 0 Å². The Kier molecular flexibility index (Phi) is 4.55. The molecule has 7 rings (SSSR count). The number of hydrogen-bond donors (Lipinski definition) is 2. The summed E-state index contributed by atoms with van der Waals surface area (Å²) in [6, 6.07) is 6.01. The summed E-state index contributed by atoms with van der Waals surface area (Å²) in [5, 5.41) is 7.15. The zero-order chi connectivity index (χ0) is 22.7. The standard InChI is InChI=1S/C23H26FN7O2/c1-25-20(32)18-3-2-15(12-26-18)29-7-4-14(5-8-29)30-13-23(10-16(30)11-23)22-27-21(33)19-17(24)6-9-31(19)28-22/h2-3,6,9,12,14,16H,4-5,7-8,10-11,13H2,1H3,(H,25,32)(H,27,28,33). The second kappa shape index (κ2) is 7.38. The molecule has 3 aromatic rings. The fourth-order valence-corrected chi connectivity index (χ4v) is 5.90. The topological polar surface area (TPSA) is 98.6 Å². The van der Waals surface area contributed by atoms with Gasteiger partial charge >= 0.3 is 0 Å². The third-order valence-electron chi connectivity index (χ3n) is 7.69. The van der Waals surface area contributed by atoms with Crippen LogP contribution in [0.4, 0.5) is 10.1 Å². The first kappa shape index (κ1) is 20.3. The predicted octanol–water partition coefficient (Wildman–Crippen LogP) is 1.30. The molecule has 1 saturated carbocycles. The van der Waals surface area contributed by atoms with Crippen molar-refractivity contribution in [1.82, 2.24) is 29.8 Å². The number of piperidine rings is 1. The zero-order valence-electron chi connectivity index (χ0n) is 18.4. The van der Waals surface area contributed by atoms with Crippen molar-refractivity contribution < 1.29 is 9.18 Å². The average molecular weight is 452 g/mol. The van der Waals surface area contributed by atoms with Crippen LogP contribution in [-0.4, -0.2) is 69.2 Å². The summed E-state index contributed by atoms with van der Waals surface area (Å²) in [5.41, 5.74) is 0.882. The van der Waals surface area contributed by atoms with Gasteiger partial charge in [0.2, 0.25) is 0 Å². The number of nitrogens with zero attached hydrogens (tertiary/aromatic N) is 5. The molecular formula is C23H26FN7O2. The van der Waals surface area contributed by atoms with Crippen LogP contribution < -0.4 is 15.8 Å². The molecule has 0 unspecified atom stereocenters. The van der Waals surface area contributed by atoms with E-state index in [1.54, 1.807) is 19.3 Å². The number of nitrogens with one attached hydrogen (secondary N) is 2. The van der Waals surface area contributed by atoms with Crippen molar-refractivity contribution >= 4 is 17.1 Å². The lowest BCUT2D eigenvalue weighted by Gasteiger charge is -2.40. The minimum atomic E-state index is -0.544. The molecule has 0 atom stereocenters. The molecule has 1 aliphatic carbocycles. The van der Waals surface area contributed by atoms with E-state index in [0.717, 1.165) is 51.0 Å². The lowest BCUT2D eigenvalue weighted by molar-refractivity contribution is 0.0958. The summed E-state index contributed by atoms with van der Waals surface area (Å²) in [4.78, 5) is 36.2. The van der Waals surface area contributed by atoms with Crippen molar-refractivity contribution in [3.8, 4) is 0 Å². The molecule has 172 valence electrons. The van der Waals surface area contributed by atoms with Crippen LogP contribution in [0.2, 0.25) is 0 Å². The number of H-pyrrole nitrogens is 1. The second-order valence-corrected chi connectivity index (χ2v) is 9.47. The van der Waals surface area contributed by atoms with E-state index in [2.05, 4.69) is 30.2 Å². The van der Waals surface area contributed by atoms with Crippen LogP contribution in [0.5, 0.6) is 0 Å². The number of carbonyl (C=O) groups excluding carboxylic acids is 1. The molecule has 2 N–H and O–H groups in total. The quantitative estimate of drug-likeness (QED) is 0.621. The lowest BCUT2D eigenvalue weighted by Crippen LogP contribution is -2.46. The van der Waals surface area contributed by atoms with Gasteiger partial charge in [0, 0.05) is 50.4 Å². The first-order valence-electron chi connectivity index (χ1n) is 11.4. The highest BCUT2D eigenvalue weighted by atomic mass is 19.1. The predicted molar refractivity (Wildman–Crippen MR) is 120 cm³/mol. The van der Waals surface area contributed by atoms with Crippen LogP contribution in [0.3, 0.4) is 0 Å². The highest BCUT2D eigenvalue weighted by molar-refractivity contribution is 5.92. The molecule has 4 fully saturated rings. The Morgan fingerprint density at radius 2 is 2.00 bits per heavy atom. The van der Waals surface area contributed by atoms with Crippen molar-refractivity contribution in [2.75, 3.05) is 31.6 Å². The van der Waals surface area contributed by atoms with Crippen molar-refractivity contribution in [2.24, 2.45) is 0 Å². The minimum Gasteiger partial charge on any atom is -0.370 e. The largest absolute Gasteiger partial charge is 0.370 e. The van der Waals surface area contributed by atoms with Gasteiger partial charge in [-0.05, 0) is 43.9 Å². The van der Waals surface area contributed by atoms with Gasteiger partial charge in [0.15, 0.2) is 11.3 Å². The number of carbonyl (C=O) groups is 1. The number of rotatable bonds is 4. The van der Waals surface area contributed by atoms with Gasteiger partial charge in [-0.3, -0.25) is 14.5 Å². The molecule has 3 aliphatic heterocycles. The summed E-state index contributed by atoms with van der Waals surface area (Å²) in [6.07, 6.45) is 7.35. The van der Waals surface area contributed by atoms with Gasteiger partial charge in [-0.25, -0.2) is 13.9 Å². The maximum absolute atomic E-state index is 13.8. The van der Waals surface area contributed by atoms with Crippen LogP contribution in [0.25, 0.3) is 5.52 Å². The molecule has 6 heterocycles. The Balaban J connectivity index is 1.13. The first-order valence-corrected chi connectivity index (χ1v) is 11.4. The molecule has 0 aromatic carbocycles. The monoisotopic (exact) mass is 451 g/mol. The molecular weight excluding hydrogens is 425 g/mol. The van der Waals surface area contributed by atoms with Gasteiger partial charge in [0.25, 0.3) is 11.5 Å². The molecule has 1 amide bonds. The lowest BCUT2D eigenvalue weighted by atomic mass is 9.69. The van der Waals surface area contributed by atoms with Gasteiger partial charge < -0.3 is 15.2 Å². The summed E-state index contributed by atoms with van der Waals surface area (Å²) >= 11 is 0. The van der Waals surface area contributed by atoms with Crippen LogP contribution >= 0.6 is 0 Å². The van der Waals surface area contributed by atoms with Crippen LogP contribution in [0, 0.1) is 5.82 Å². The van der Waals surface area contributed by atoms with Gasteiger partial charge in [-0.15, -0.1) is 0 Å². The Bertz CT molecular complexity index is 1270. The Morgan fingerprint density at radius 3 is 2.70 bits per heavy atom. The maximum atomic E-state index is 13.8. The third-order valence-corrected chi connectivity index (χ3v) is 7.69. The Morgan fingerprint density at radius 1 is 1.21 bits per heavy atom. The highest BCUT2D eigenvalue weighted by Gasteiger charge is 2.59. The number of aromatic amines is 1. The molecule has 4 aliphatic rings. The number of aromatic nitrogens is 4. The van der Waals surface area contributed by atoms with E-state index in [-0.39, 0.29) is 16.8 Å². The molecule has 2 bridgehead atoms. The molecule has 33 heavy (non-hydrogen) atoms. The van der Waals surface area contributed by atoms with Crippen LogP contribution in [0.1, 0.15) is 42.0 Å². The average Bonchev–Trinajstić information content (AvgIpc) is 3.51. The van der Waals surface area contributed by atoms with Crippen molar-refractivity contribution in [3.05, 3.63) is 58.3 Å². The van der Waals surface area contributed by atoms with E-state index in [4.69, 9.17) is 0 Å². The van der Waals surface area contributed by atoms with Crippen molar-refractivity contribution in [2.45, 2.75) is 43.2 Å². The van der Waals surface area contributed by atoms with Gasteiger partial charge in [0.05, 0.1) is 11.9 Å². The summed E-state index contributed by atoms with van der Waals surface area (Å²) in [5.74, 6) is -0.0502. The number of pyridine rings is 1. The fraction of sp³-hybridized carbons (Fsp3) is 0.478. The fourth-order valence-electron chi connectivity index (χ4n) is 5.90. The number of amides is 1. The molecule has 10 heteroatoms. The summed E-state index contributed by atoms with van der Waals surface area (Å²) < 4.78 is 15.2.